The second-order valence-electron chi connectivity index (χ2n) is 13.3. The molecule has 5 amide bonds. The van der Waals surface area contributed by atoms with Crippen molar-refractivity contribution in [2.24, 2.45) is 5.92 Å². The Hall–Kier alpha value is -5.92. The van der Waals surface area contributed by atoms with Crippen LogP contribution in [0.1, 0.15) is 48.9 Å². The van der Waals surface area contributed by atoms with E-state index in [4.69, 9.17) is 9.72 Å². The van der Waals surface area contributed by atoms with Crippen molar-refractivity contribution in [2.75, 3.05) is 57.1 Å². The molecule has 2 aliphatic rings. The number of carbonyl (C=O) groups excluding carboxylic acids is 4. The number of nitrogens with one attached hydrogen (secondary N) is 4. The van der Waals surface area contributed by atoms with Crippen LogP contribution in [0.5, 0.6) is 0 Å². The summed E-state index contributed by atoms with van der Waals surface area (Å²) in [6.45, 7) is 6.95. The summed E-state index contributed by atoms with van der Waals surface area (Å²) >= 11 is 0. The molecular formula is C38H45N9O5. The number of imidazole rings is 1. The van der Waals surface area contributed by atoms with Crippen LogP contribution in [0.15, 0.2) is 73.1 Å². The fraction of sp³-hybridized carbons (Fsp3) is 0.368. The van der Waals surface area contributed by atoms with E-state index in [1.54, 1.807) is 29.1 Å². The van der Waals surface area contributed by atoms with Gasteiger partial charge in [-0.25, -0.2) is 19.6 Å². The highest BCUT2D eigenvalue weighted by Crippen LogP contribution is 2.33. The molecule has 0 spiro atoms. The first-order valence-electron chi connectivity index (χ1n) is 17.5. The zero-order valence-corrected chi connectivity index (χ0v) is 29.9. The number of alkyl carbamates (subject to hydrolysis) is 1. The molecule has 272 valence electrons. The Labute approximate surface area is 302 Å². The molecule has 2 aliphatic heterocycles. The molecule has 14 heteroatoms. The van der Waals surface area contributed by atoms with E-state index < -0.39 is 12.1 Å². The number of methoxy groups -OCH3 is 1. The van der Waals surface area contributed by atoms with Crippen molar-refractivity contribution in [1.82, 2.24) is 35.4 Å². The summed E-state index contributed by atoms with van der Waals surface area (Å²) in [4.78, 5) is 68.5. The molecule has 52 heavy (non-hydrogen) atoms. The summed E-state index contributed by atoms with van der Waals surface area (Å²) in [5.74, 6) is 0.990. The highest BCUT2D eigenvalue weighted by molar-refractivity contribution is 6.04. The molecule has 2 fully saturated rings. The summed E-state index contributed by atoms with van der Waals surface area (Å²) < 4.78 is 4.74. The van der Waals surface area contributed by atoms with E-state index in [9.17, 15) is 19.2 Å². The summed E-state index contributed by atoms with van der Waals surface area (Å²) in [6.07, 6.45) is 4.43. The number of urea groups is 1. The average molecular weight is 708 g/mol. The second kappa shape index (κ2) is 16.0. The number of benzene rings is 2. The van der Waals surface area contributed by atoms with Crippen molar-refractivity contribution >= 4 is 35.4 Å². The smallest absolute Gasteiger partial charge is 0.407 e. The van der Waals surface area contributed by atoms with E-state index >= 15 is 0 Å². The number of carbonyl (C=O) groups is 4. The number of H-pyrrole nitrogens is 1. The molecule has 4 N–H and O–H groups in total. The summed E-state index contributed by atoms with van der Waals surface area (Å²) in [5, 5.41) is 8.28. The Morgan fingerprint density at radius 3 is 2.17 bits per heavy atom. The van der Waals surface area contributed by atoms with Crippen LogP contribution in [0.25, 0.3) is 22.4 Å². The standard InChI is InChI=1S/C38H45N9O5/c1-24(2)33(44-38(51)52-4)36(49)47-17-5-6-31(47)34-41-23-30(43-34)27-9-7-25(8-10-27)26-11-14-29(15-12-26)42-35(48)28-13-16-32(40-22-28)45-18-20-46(21-19-45)37(50)39-3/h7-16,22-24,31,33H,5-6,17-21H2,1-4H3,(H,39,50)(H,41,43)(H,42,48)(H,44,51)/t31?,33-/m0/s1. The van der Waals surface area contributed by atoms with Crippen LogP contribution in [-0.4, -0.2) is 102 Å². The number of pyridine rings is 1. The zero-order valence-electron chi connectivity index (χ0n) is 29.9. The van der Waals surface area contributed by atoms with Gasteiger partial charge in [0.1, 0.15) is 17.7 Å². The molecule has 6 rings (SSSR count). The fourth-order valence-electron chi connectivity index (χ4n) is 6.63. The topological polar surface area (TPSA) is 165 Å². The first-order valence-corrected chi connectivity index (χ1v) is 17.5. The van der Waals surface area contributed by atoms with Gasteiger partial charge in [-0.3, -0.25) is 9.59 Å². The number of aromatic amines is 1. The van der Waals surface area contributed by atoms with Gasteiger partial charge in [0.15, 0.2) is 0 Å². The second-order valence-corrected chi connectivity index (χ2v) is 13.3. The lowest BCUT2D eigenvalue weighted by molar-refractivity contribution is -0.135. The molecule has 2 aromatic heterocycles. The number of rotatable bonds is 9. The lowest BCUT2D eigenvalue weighted by Crippen LogP contribution is -2.51. The van der Waals surface area contributed by atoms with Gasteiger partial charge in [-0.1, -0.05) is 50.2 Å². The number of piperazine rings is 1. The zero-order chi connectivity index (χ0) is 36.8. The quantitative estimate of drug-likeness (QED) is 0.191. The lowest BCUT2D eigenvalue weighted by atomic mass is 10.0. The Morgan fingerprint density at radius 2 is 1.56 bits per heavy atom. The van der Waals surface area contributed by atoms with Crippen LogP contribution in [-0.2, 0) is 9.53 Å². The molecule has 0 radical (unpaired) electrons. The van der Waals surface area contributed by atoms with Crippen molar-refractivity contribution in [3.8, 4) is 22.4 Å². The van der Waals surface area contributed by atoms with Crippen molar-refractivity contribution in [3.05, 3.63) is 84.4 Å². The van der Waals surface area contributed by atoms with Crippen LogP contribution < -0.4 is 20.9 Å². The van der Waals surface area contributed by atoms with Gasteiger partial charge in [0, 0.05) is 63.4 Å². The maximum atomic E-state index is 13.5. The first-order chi connectivity index (χ1) is 25.1. The Balaban J connectivity index is 1.04. The highest BCUT2D eigenvalue weighted by Gasteiger charge is 2.37. The predicted molar refractivity (Wildman–Crippen MR) is 198 cm³/mol. The highest BCUT2D eigenvalue weighted by atomic mass is 16.5. The largest absolute Gasteiger partial charge is 0.453 e. The van der Waals surface area contributed by atoms with Crippen LogP contribution in [0.2, 0.25) is 0 Å². The van der Waals surface area contributed by atoms with Gasteiger partial charge in [0.05, 0.1) is 24.4 Å². The minimum atomic E-state index is -0.688. The third-order valence-electron chi connectivity index (χ3n) is 9.61. The van der Waals surface area contributed by atoms with Crippen molar-refractivity contribution in [2.45, 2.75) is 38.8 Å². The van der Waals surface area contributed by atoms with Crippen LogP contribution in [0, 0.1) is 5.92 Å². The number of amides is 5. The van der Waals surface area contributed by atoms with Crippen LogP contribution in [0.4, 0.5) is 21.1 Å². The van der Waals surface area contributed by atoms with Crippen LogP contribution >= 0.6 is 0 Å². The van der Waals surface area contributed by atoms with Crippen LogP contribution in [0.3, 0.4) is 0 Å². The van der Waals surface area contributed by atoms with Crippen molar-refractivity contribution in [3.63, 3.8) is 0 Å². The predicted octanol–water partition coefficient (Wildman–Crippen LogP) is 4.90. The number of anilines is 2. The number of ether oxygens (including phenoxy) is 1. The molecule has 2 saturated heterocycles. The number of nitrogens with zero attached hydrogens (tertiary/aromatic N) is 5. The summed E-state index contributed by atoms with van der Waals surface area (Å²) in [7, 11) is 2.91. The molecule has 0 bridgehead atoms. The summed E-state index contributed by atoms with van der Waals surface area (Å²) in [6, 6.07) is 18.4. The molecule has 2 atom stereocenters. The van der Waals surface area contributed by atoms with Gasteiger partial charge < -0.3 is 40.4 Å². The van der Waals surface area contributed by atoms with E-state index in [2.05, 4.69) is 30.8 Å². The third-order valence-corrected chi connectivity index (χ3v) is 9.61. The van der Waals surface area contributed by atoms with E-state index in [-0.39, 0.29) is 29.8 Å². The number of hydrogen-bond acceptors (Lipinski definition) is 8. The molecule has 0 aliphatic carbocycles. The monoisotopic (exact) mass is 707 g/mol. The Morgan fingerprint density at radius 1 is 0.885 bits per heavy atom. The normalized spacial score (nSPS) is 16.4. The van der Waals surface area contributed by atoms with E-state index in [0.29, 0.717) is 49.8 Å². The maximum absolute atomic E-state index is 13.5. The molecule has 2 aromatic carbocycles. The number of aromatic nitrogens is 3. The minimum Gasteiger partial charge on any atom is -0.453 e. The Bertz CT molecular complexity index is 1870. The third kappa shape index (κ3) is 8.01. The van der Waals surface area contributed by atoms with Crippen molar-refractivity contribution < 1.29 is 23.9 Å². The first kappa shape index (κ1) is 35.9. The lowest BCUT2D eigenvalue weighted by Gasteiger charge is -2.35. The van der Waals surface area contributed by atoms with E-state index in [0.717, 1.165) is 41.0 Å². The molecule has 14 nitrogen and oxygen atoms in total. The SMILES string of the molecule is CNC(=O)N1CCN(c2ccc(C(=O)Nc3ccc(-c4ccc(-c5c[nH]c(C6CCCN6C(=O)[C@@H](NC(=O)OC)C(C)C)n5)cc4)cc3)cn2)CC1. The van der Waals surface area contributed by atoms with Gasteiger partial charge in [0.25, 0.3) is 5.91 Å². The molecule has 4 aromatic rings. The number of hydrogen-bond donors (Lipinski definition) is 4. The van der Waals surface area contributed by atoms with Gasteiger partial charge in [0.2, 0.25) is 5.91 Å². The maximum Gasteiger partial charge on any atom is 0.407 e. The van der Waals surface area contributed by atoms with Gasteiger partial charge in [-0.2, -0.15) is 0 Å². The minimum absolute atomic E-state index is 0.0804. The molecule has 1 unspecified atom stereocenters. The van der Waals surface area contributed by atoms with Gasteiger partial charge in [-0.15, -0.1) is 0 Å². The van der Waals surface area contributed by atoms with E-state index in [1.165, 1.54) is 7.11 Å². The van der Waals surface area contributed by atoms with E-state index in [1.807, 2.05) is 74.6 Å². The molecule has 0 saturated carbocycles. The average Bonchev–Trinajstić information content (AvgIpc) is 3.87. The fourth-order valence-corrected chi connectivity index (χ4v) is 6.63. The number of likely N-dealkylation sites (tertiary alicyclic amines) is 1. The molecular weight excluding hydrogens is 662 g/mol. The Kier molecular flexibility index (Phi) is 11.0. The van der Waals surface area contributed by atoms with Crippen molar-refractivity contribution in [1.29, 1.82) is 0 Å². The van der Waals surface area contributed by atoms with Gasteiger partial charge >= 0.3 is 12.1 Å². The summed E-state index contributed by atoms with van der Waals surface area (Å²) in [5.41, 5.74) is 4.84. The molecule has 4 heterocycles. The van der Waals surface area contributed by atoms with Gasteiger partial charge in [-0.05, 0) is 54.2 Å².